The summed E-state index contributed by atoms with van der Waals surface area (Å²) in [7, 11) is -4.01. The number of hydrogen-bond donors (Lipinski definition) is 1. The number of hydrogen-bond acceptors (Lipinski definition) is 7. The first-order valence-corrected chi connectivity index (χ1v) is 11.4. The summed E-state index contributed by atoms with van der Waals surface area (Å²) < 4.78 is 50.9. The van der Waals surface area contributed by atoms with Gasteiger partial charge >= 0.3 is 0 Å². The molecule has 0 bridgehead atoms. The third-order valence-corrected chi connectivity index (χ3v) is 7.73. The van der Waals surface area contributed by atoms with Crippen molar-refractivity contribution in [3.63, 3.8) is 0 Å². The molecule has 1 aromatic carbocycles. The summed E-state index contributed by atoms with van der Waals surface area (Å²) in [5.41, 5.74) is 6.48. The van der Waals surface area contributed by atoms with Crippen molar-refractivity contribution in [3.05, 3.63) is 46.0 Å². The number of halogens is 2. The van der Waals surface area contributed by atoms with Crippen LogP contribution in [0, 0.1) is 13.8 Å². The van der Waals surface area contributed by atoms with E-state index in [0.29, 0.717) is 20.8 Å². The van der Waals surface area contributed by atoms with Gasteiger partial charge < -0.3 is 10.6 Å². The summed E-state index contributed by atoms with van der Waals surface area (Å²) >= 11 is 1.12. The van der Waals surface area contributed by atoms with Crippen molar-refractivity contribution >= 4 is 43.0 Å². The van der Waals surface area contributed by atoms with Crippen molar-refractivity contribution < 1.29 is 22.0 Å². The fourth-order valence-corrected chi connectivity index (χ4v) is 5.20. The highest BCUT2D eigenvalue weighted by Gasteiger charge is 2.48. The average molecular weight is 453 g/mol. The number of nitrogens with two attached hydrogens (primary N) is 1. The van der Waals surface area contributed by atoms with E-state index < -0.39 is 27.4 Å². The Morgan fingerprint density at radius 1 is 1.23 bits per heavy atom. The molecule has 0 radical (unpaired) electrons. The fourth-order valence-electron chi connectivity index (χ4n) is 3.45. The molecule has 158 valence electrons. The van der Waals surface area contributed by atoms with E-state index in [9.17, 15) is 17.6 Å². The topological polar surface area (TPSA) is 106 Å². The second kappa shape index (κ2) is 6.95. The van der Waals surface area contributed by atoms with Crippen LogP contribution in [0.15, 0.2) is 29.2 Å². The number of carbonyl (C=O) groups excluding carboxylic acids is 1. The zero-order valence-electron chi connectivity index (χ0n) is 16.1. The van der Waals surface area contributed by atoms with E-state index in [-0.39, 0.29) is 23.5 Å². The van der Waals surface area contributed by atoms with E-state index in [0.717, 1.165) is 22.6 Å². The van der Waals surface area contributed by atoms with Gasteiger partial charge in [0.1, 0.15) is 9.71 Å². The molecular weight excluding hydrogens is 434 g/mol. The molecule has 1 saturated heterocycles. The molecule has 1 aliphatic rings. The van der Waals surface area contributed by atoms with Crippen LogP contribution in [-0.4, -0.2) is 48.5 Å². The molecule has 4 rings (SSSR count). The van der Waals surface area contributed by atoms with E-state index in [2.05, 4.69) is 10.2 Å². The predicted octanol–water partition coefficient (Wildman–Crippen LogP) is 2.91. The van der Waals surface area contributed by atoms with Crippen LogP contribution < -0.4 is 5.73 Å². The quantitative estimate of drug-likeness (QED) is 0.652. The highest BCUT2D eigenvalue weighted by Crippen LogP contribution is 2.41. The van der Waals surface area contributed by atoms with Crippen LogP contribution in [0.25, 0.3) is 10.2 Å². The van der Waals surface area contributed by atoms with Gasteiger partial charge in [-0.2, -0.15) is 5.10 Å². The zero-order chi connectivity index (χ0) is 21.8. The Bertz CT molecular complexity index is 1270. The molecule has 2 N–H and O–H groups in total. The number of carbonyl (C=O) groups is 1. The van der Waals surface area contributed by atoms with E-state index in [1.807, 2.05) is 6.92 Å². The highest BCUT2D eigenvalue weighted by atomic mass is 32.2. The number of amides is 1. The molecule has 30 heavy (non-hydrogen) atoms. The minimum atomic E-state index is -4.01. The number of sulfone groups is 1. The highest BCUT2D eigenvalue weighted by molar-refractivity contribution is 7.91. The number of alkyl halides is 2. The van der Waals surface area contributed by atoms with E-state index in [1.165, 1.54) is 29.2 Å². The summed E-state index contributed by atoms with van der Waals surface area (Å²) in [4.78, 5) is 14.8. The lowest BCUT2D eigenvalue weighted by Gasteiger charge is -2.44. The molecule has 7 nitrogen and oxygen atoms in total. The zero-order valence-corrected chi connectivity index (χ0v) is 17.8. The van der Waals surface area contributed by atoms with Gasteiger partial charge in [-0.3, -0.25) is 4.79 Å². The molecule has 1 fully saturated rings. The van der Waals surface area contributed by atoms with Gasteiger partial charge in [0.05, 0.1) is 29.4 Å². The van der Waals surface area contributed by atoms with Crippen molar-refractivity contribution in [1.82, 2.24) is 15.1 Å². The summed E-state index contributed by atoms with van der Waals surface area (Å²) in [5.74, 6) is -0.391. The Morgan fingerprint density at radius 2 is 1.87 bits per heavy atom. The molecule has 0 spiro atoms. The van der Waals surface area contributed by atoms with Crippen LogP contribution in [-0.2, 0) is 15.5 Å². The number of thiophene rings is 1. The molecule has 0 saturated carbocycles. The normalized spacial score (nSPS) is 15.9. The molecule has 1 aliphatic heterocycles. The molecule has 0 aliphatic carbocycles. The van der Waals surface area contributed by atoms with Gasteiger partial charge in [0, 0.05) is 5.39 Å². The van der Waals surface area contributed by atoms with Gasteiger partial charge in [-0.05, 0) is 37.1 Å². The Morgan fingerprint density at radius 3 is 2.47 bits per heavy atom. The summed E-state index contributed by atoms with van der Waals surface area (Å²) in [6, 6.07) is 3.43. The number of aromatic nitrogens is 2. The predicted molar refractivity (Wildman–Crippen MR) is 110 cm³/mol. The maximum atomic E-state index is 15.2. The van der Waals surface area contributed by atoms with Crippen molar-refractivity contribution in [1.29, 1.82) is 0 Å². The van der Waals surface area contributed by atoms with Crippen molar-refractivity contribution in [2.24, 2.45) is 0 Å². The van der Waals surface area contributed by atoms with Crippen LogP contribution in [0.4, 0.5) is 14.5 Å². The fraction of sp³-hybridized carbons (Fsp3) is 0.316. The Balaban J connectivity index is 1.55. The lowest BCUT2D eigenvalue weighted by molar-refractivity contribution is -0.0228. The number of anilines is 1. The van der Waals surface area contributed by atoms with Crippen LogP contribution in [0.2, 0.25) is 0 Å². The molecule has 11 heteroatoms. The van der Waals surface area contributed by atoms with Crippen LogP contribution in [0.1, 0.15) is 26.5 Å². The maximum absolute atomic E-state index is 15.2. The Hall–Kier alpha value is -2.66. The van der Waals surface area contributed by atoms with E-state index in [1.54, 1.807) is 6.92 Å². The summed E-state index contributed by atoms with van der Waals surface area (Å²) in [5, 5.41) is 8.82. The summed E-state index contributed by atoms with van der Waals surface area (Å²) in [6.45, 7) is 3.26. The van der Waals surface area contributed by atoms with Gasteiger partial charge in [-0.1, -0.05) is 12.1 Å². The lowest BCUT2D eigenvalue weighted by atomic mass is 9.88. The van der Waals surface area contributed by atoms with Gasteiger partial charge in [0.15, 0.2) is 11.7 Å². The molecular formula is C19H18F2N4O3S2. The van der Waals surface area contributed by atoms with Crippen molar-refractivity contribution in [2.75, 3.05) is 24.8 Å². The molecule has 0 unspecified atom stereocenters. The third-order valence-electron chi connectivity index (χ3n) is 5.37. The largest absolute Gasteiger partial charge is 0.397 e. The number of benzene rings is 1. The van der Waals surface area contributed by atoms with E-state index >= 15 is 4.39 Å². The Labute approximate surface area is 175 Å². The van der Waals surface area contributed by atoms with Crippen molar-refractivity contribution in [3.8, 4) is 0 Å². The number of aryl methyl sites for hydroxylation is 2. The monoisotopic (exact) mass is 452 g/mol. The molecule has 0 atom stereocenters. The molecule has 3 aromatic rings. The molecule has 1 amide bonds. The smallest absolute Gasteiger partial charge is 0.266 e. The van der Waals surface area contributed by atoms with E-state index in [4.69, 9.17) is 5.73 Å². The van der Waals surface area contributed by atoms with Crippen LogP contribution >= 0.6 is 11.3 Å². The minimum absolute atomic E-state index is 0.196. The van der Waals surface area contributed by atoms with Crippen LogP contribution in [0.5, 0.6) is 0 Å². The van der Waals surface area contributed by atoms with Gasteiger partial charge in [-0.15, -0.1) is 16.4 Å². The van der Waals surface area contributed by atoms with Crippen molar-refractivity contribution in [2.45, 2.75) is 24.4 Å². The SMILES string of the molecule is Cc1nnc2sc(C(=O)N3CC(F)(c4ccc(S(=O)(=O)CF)cc4)C3)c(N)c2c1C. The molecule has 2 aromatic heterocycles. The van der Waals surface area contributed by atoms with Crippen LogP contribution in [0.3, 0.4) is 0 Å². The number of nitrogen functional groups attached to an aromatic ring is 1. The third kappa shape index (κ3) is 3.12. The standard InChI is InChI=1S/C19H18F2N4O3S2/c1-10-11(2)23-24-17-14(10)15(22)16(29-17)18(26)25-7-19(21,8-25)12-3-5-13(6-4-12)30(27,28)9-20/h3-6H,7-9,22H2,1-2H3. The molecule has 3 heterocycles. The number of likely N-dealkylation sites (tertiary alicyclic amines) is 1. The average Bonchev–Trinajstić information content (AvgIpc) is 3.05. The van der Waals surface area contributed by atoms with Gasteiger partial charge in [0.2, 0.25) is 9.84 Å². The number of nitrogens with zero attached hydrogens (tertiary/aromatic N) is 3. The lowest BCUT2D eigenvalue weighted by Crippen LogP contribution is -2.58. The second-order valence-corrected chi connectivity index (χ2v) is 10.2. The van der Waals surface area contributed by atoms with Gasteiger partial charge in [0.25, 0.3) is 5.91 Å². The first kappa shape index (κ1) is 20.6. The minimum Gasteiger partial charge on any atom is -0.397 e. The summed E-state index contributed by atoms with van der Waals surface area (Å²) in [6.07, 6.45) is 0. The van der Waals surface area contributed by atoms with Gasteiger partial charge in [-0.25, -0.2) is 17.2 Å². The number of fused-ring (bicyclic) bond motifs is 1. The number of rotatable bonds is 4. The second-order valence-electron chi connectivity index (χ2n) is 7.31. The first-order chi connectivity index (χ1) is 14.1. The first-order valence-electron chi connectivity index (χ1n) is 8.97. The maximum Gasteiger partial charge on any atom is 0.266 e. The Kier molecular flexibility index (Phi) is 4.77.